The molecule has 2 aliphatic rings. The van der Waals surface area contributed by atoms with E-state index in [2.05, 4.69) is 39.0 Å². The number of hydrogen-bond acceptors (Lipinski definition) is 5. The lowest BCUT2D eigenvalue weighted by atomic mass is 10.00. The van der Waals surface area contributed by atoms with Crippen molar-refractivity contribution in [2.75, 3.05) is 52.4 Å². The smallest absolute Gasteiger partial charge is 0.0793 e. The zero-order chi connectivity index (χ0) is 16.9. The standard InChI is InChI=1S/C19H31N3O2/c1-16(23)12-20-8-10-21(11-9-20)14-19(24)15-22-7-6-17-4-2-3-5-18(17)13-22/h2-5,16,19,23-24H,6-15H2,1H3/t16-,19-/m1/s1. The summed E-state index contributed by atoms with van der Waals surface area (Å²) in [6.45, 7) is 10.0. The minimum atomic E-state index is -0.293. The number of fused-ring (bicyclic) bond motifs is 1. The van der Waals surface area contributed by atoms with E-state index in [9.17, 15) is 10.2 Å². The second kappa shape index (κ2) is 8.41. The fraction of sp³-hybridized carbons (Fsp3) is 0.684. The summed E-state index contributed by atoms with van der Waals surface area (Å²) in [6.07, 6.45) is 0.531. The van der Waals surface area contributed by atoms with E-state index >= 15 is 0 Å². The third kappa shape index (κ3) is 5.01. The third-order valence-electron chi connectivity index (χ3n) is 5.13. The first-order chi connectivity index (χ1) is 11.6. The van der Waals surface area contributed by atoms with Crippen molar-refractivity contribution < 1.29 is 10.2 Å². The molecular weight excluding hydrogens is 302 g/mol. The maximum absolute atomic E-state index is 10.5. The molecule has 0 aliphatic carbocycles. The molecule has 2 atom stereocenters. The Labute approximate surface area is 145 Å². The van der Waals surface area contributed by atoms with Gasteiger partial charge in [0.25, 0.3) is 0 Å². The van der Waals surface area contributed by atoms with Gasteiger partial charge in [0.05, 0.1) is 12.2 Å². The van der Waals surface area contributed by atoms with Gasteiger partial charge in [-0.05, 0) is 24.5 Å². The Morgan fingerprint density at radius 3 is 2.08 bits per heavy atom. The van der Waals surface area contributed by atoms with E-state index in [1.165, 1.54) is 11.1 Å². The van der Waals surface area contributed by atoms with Crippen LogP contribution in [0, 0.1) is 0 Å². The highest BCUT2D eigenvalue weighted by Gasteiger charge is 2.22. The second-order valence-electron chi connectivity index (χ2n) is 7.36. The maximum Gasteiger partial charge on any atom is 0.0793 e. The number of aliphatic hydroxyl groups is 2. The topological polar surface area (TPSA) is 50.2 Å². The number of hydrogen-bond donors (Lipinski definition) is 2. The monoisotopic (exact) mass is 333 g/mol. The van der Waals surface area contributed by atoms with E-state index < -0.39 is 0 Å². The normalized spacial score (nSPS) is 23.0. The van der Waals surface area contributed by atoms with Crippen molar-refractivity contribution in [1.29, 1.82) is 0 Å². The molecule has 3 rings (SSSR count). The summed E-state index contributed by atoms with van der Waals surface area (Å²) in [5, 5.41) is 19.9. The number of benzene rings is 1. The van der Waals surface area contributed by atoms with Crippen molar-refractivity contribution in [1.82, 2.24) is 14.7 Å². The van der Waals surface area contributed by atoms with Crippen LogP contribution in [-0.4, -0.2) is 89.5 Å². The van der Waals surface area contributed by atoms with Gasteiger partial charge < -0.3 is 10.2 Å². The van der Waals surface area contributed by atoms with Crippen LogP contribution in [0.1, 0.15) is 18.1 Å². The van der Waals surface area contributed by atoms with Crippen LogP contribution in [0.5, 0.6) is 0 Å². The van der Waals surface area contributed by atoms with Gasteiger partial charge in [-0.3, -0.25) is 14.7 Å². The summed E-state index contributed by atoms with van der Waals surface area (Å²) in [7, 11) is 0. The summed E-state index contributed by atoms with van der Waals surface area (Å²) in [4.78, 5) is 7.02. The lowest BCUT2D eigenvalue weighted by Gasteiger charge is -2.37. The van der Waals surface area contributed by atoms with Gasteiger partial charge in [0.15, 0.2) is 0 Å². The molecule has 0 amide bonds. The van der Waals surface area contributed by atoms with Gasteiger partial charge in [-0.25, -0.2) is 0 Å². The van der Waals surface area contributed by atoms with Crippen LogP contribution in [0.25, 0.3) is 0 Å². The Kier molecular flexibility index (Phi) is 6.25. The van der Waals surface area contributed by atoms with E-state index in [1.54, 1.807) is 0 Å². The predicted molar refractivity (Wildman–Crippen MR) is 96.0 cm³/mol. The van der Waals surface area contributed by atoms with Crippen molar-refractivity contribution in [2.45, 2.75) is 32.1 Å². The molecule has 134 valence electrons. The van der Waals surface area contributed by atoms with Gasteiger partial charge in [0.2, 0.25) is 0 Å². The SMILES string of the molecule is C[C@@H](O)CN1CCN(C[C@@H](O)CN2CCc3ccccc3C2)CC1. The molecule has 1 fully saturated rings. The van der Waals surface area contributed by atoms with Crippen molar-refractivity contribution in [3.63, 3.8) is 0 Å². The van der Waals surface area contributed by atoms with Crippen molar-refractivity contribution >= 4 is 0 Å². The summed E-state index contributed by atoms with van der Waals surface area (Å²) in [6, 6.07) is 8.64. The third-order valence-corrected chi connectivity index (χ3v) is 5.13. The lowest BCUT2D eigenvalue weighted by Crippen LogP contribution is -2.51. The molecule has 0 unspecified atom stereocenters. The summed E-state index contributed by atoms with van der Waals surface area (Å²) < 4.78 is 0. The summed E-state index contributed by atoms with van der Waals surface area (Å²) >= 11 is 0. The first-order valence-corrected chi connectivity index (χ1v) is 9.20. The maximum atomic E-state index is 10.5. The molecule has 0 aromatic heterocycles. The van der Waals surface area contributed by atoms with Crippen LogP contribution in [0.3, 0.4) is 0 Å². The van der Waals surface area contributed by atoms with Crippen LogP contribution in [0.2, 0.25) is 0 Å². The molecule has 24 heavy (non-hydrogen) atoms. The number of rotatable bonds is 6. The highest BCUT2D eigenvalue weighted by Crippen LogP contribution is 2.18. The average Bonchev–Trinajstić information content (AvgIpc) is 2.56. The second-order valence-corrected chi connectivity index (χ2v) is 7.36. The van der Waals surface area contributed by atoms with Gasteiger partial charge in [-0.1, -0.05) is 24.3 Å². The molecule has 1 aromatic rings. The first kappa shape index (κ1) is 17.8. The zero-order valence-electron chi connectivity index (χ0n) is 14.8. The van der Waals surface area contributed by atoms with Crippen molar-refractivity contribution in [2.24, 2.45) is 0 Å². The van der Waals surface area contributed by atoms with E-state index in [1.807, 2.05) is 6.92 Å². The van der Waals surface area contributed by atoms with Gasteiger partial charge >= 0.3 is 0 Å². The molecule has 1 saturated heterocycles. The Morgan fingerprint density at radius 2 is 1.42 bits per heavy atom. The summed E-state index contributed by atoms with van der Waals surface area (Å²) in [5.41, 5.74) is 2.86. The molecule has 0 bridgehead atoms. The van der Waals surface area contributed by atoms with Crippen LogP contribution < -0.4 is 0 Å². The Bertz CT molecular complexity index is 515. The van der Waals surface area contributed by atoms with Gasteiger partial charge in [0, 0.05) is 58.9 Å². The van der Waals surface area contributed by atoms with Gasteiger partial charge in [-0.2, -0.15) is 0 Å². The average molecular weight is 333 g/mol. The first-order valence-electron chi connectivity index (χ1n) is 9.20. The zero-order valence-corrected chi connectivity index (χ0v) is 14.8. The number of nitrogens with zero attached hydrogens (tertiary/aromatic N) is 3. The molecule has 1 aromatic carbocycles. The van der Waals surface area contributed by atoms with Crippen LogP contribution in [-0.2, 0) is 13.0 Å². The molecule has 5 nitrogen and oxygen atoms in total. The van der Waals surface area contributed by atoms with Gasteiger partial charge in [-0.15, -0.1) is 0 Å². The fourth-order valence-corrected chi connectivity index (χ4v) is 3.89. The molecule has 0 saturated carbocycles. The van der Waals surface area contributed by atoms with Crippen molar-refractivity contribution in [3.05, 3.63) is 35.4 Å². The molecular formula is C19H31N3O2. The minimum Gasteiger partial charge on any atom is -0.392 e. The van der Waals surface area contributed by atoms with Crippen LogP contribution in [0.15, 0.2) is 24.3 Å². The Balaban J connectivity index is 1.40. The number of β-amino-alcohol motifs (C(OH)–C–C–N with tert-alkyl or cyclic N) is 2. The van der Waals surface area contributed by atoms with E-state index in [-0.39, 0.29) is 12.2 Å². The molecule has 2 heterocycles. The van der Waals surface area contributed by atoms with E-state index in [0.29, 0.717) is 0 Å². The predicted octanol–water partition coefficient (Wildman–Crippen LogP) is 0.404. The minimum absolute atomic E-state index is 0.260. The highest BCUT2D eigenvalue weighted by molar-refractivity contribution is 5.29. The molecule has 2 aliphatic heterocycles. The van der Waals surface area contributed by atoms with E-state index in [4.69, 9.17) is 0 Å². The van der Waals surface area contributed by atoms with Crippen LogP contribution in [0.4, 0.5) is 0 Å². The van der Waals surface area contributed by atoms with Crippen molar-refractivity contribution in [3.8, 4) is 0 Å². The largest absolute Gasteiger partial charge is 0.392 e. The Morgan fingerprint density at radius 1 is 0.833 bits per heavy atom. The molecule has 5 heteroatoms. The fourth-order valence-electron chi connectivity index (χ4n) is 3.89. The van der Waals surface area contributed by atoms with E-state index in [0.717, 1.165) is 65.3 Å². The lowest BCUT2D eigenvalue weighted by molar-refractivity contribution is 0.0369. The molecule has 0 radical (unpaired) electrons. The summed E-state index contributed by atoms with van der Waals surface area (Å²) in [5.74, 6) is 0. The molecule has 2 N–H and O–H groups in total. The van der Waals surface area contributed by atoms with Gasteiger partial charge in [0.1, 0.15) is 0 Å². The van der Waals surface area contributed by atoms with Crippen LogP contribution >= 0.6 is 0 Å². The highest BCUT2D eigenvalue weighted by atomic mass is 16.3. The molecule has 0 spiro atoms. The number of piperazine rings is 1. The number of aliphatic hydroxyl groups excluding tert-OH is 2. The Hall–Kier alpha value is -0.980. The quantitative estimate of drug-likeness (QED) is 0.789.